The standard InChI is InChI=1S/C50H46O8/c1-3-49(29-53-30-49)33-55-39-21-13-35(14-22-39)17-27-45(51)57-43-25-19-37-9-5-7-11-41(37)47(43)48-42-12-8-6-10-38(42)20-26-44(48)58-46(52)28-18-36-15-23-40(24-16-36)56-34-50(4-2)31-54-32-50/h5-28H,3-4,29-34H2,1-2H3. The lowest BCUT2D eigenvalue weighted by Crippen LogP contribution is -2.46. The van der Waals surface area contributed by atoms with E-state index in [1.54, 1.807) is 24.3 Å². The van der Waals surface area contributed by atoms with Gasteiger partial charge in [0.25, 0.3) is 0 Å². The largest absolute Gasteiger partial charge is 0.493 e. The number of hydrogen-bond donors (Lipinski definition) is 0. The van der Waals surface area contributed by atoms with Gasteiger partial charge in [0, 0.05) is 23.3 Å². The van der Waals surface area contributed by atoms with Crippen molar-refractivity contribution in [3.8, 4) is 34.1 Å². The van der Waals surface area contributed by atoms with Crippen molar-refractivity contribution in [1.82, 2.24) is 0 Å². The highest BCUT2D eigenvalue weighted by molar-refractivity contribution is 6.11. The highest BCUT2D eigenvalue weighted by Gasteiger charge is 2.38. The van der Waals surface area contributed by atoms with Crippen molar-refractivity contribution in [1.29, 1.82) is 0 Å². The zero-order valence-electron chi connectivity index (χ0n) is 32.8. The van der Waals surface area contributed by atoms with Gasteiger partial charge in [-0.05, 0) is 94.1 Å². The Bertz CT molecular complexity index is 2290. The SMILES string of the molecule is CCC1(COc2ccc(C=CC(=O)Oc3ccc4ccccc4c3-c3c(OC(=O)C=Cc4ccc(OCC5(CC)COC5)cc4)ccc4ccccc34)cc2)COC1. The van der Waals surface area contributed by atoms with Crippen LogP contribution in [0.5, 0.6) is 23.0 Å². The van der Waals surface area contributed by atoms with Crippen LogP contribution in [-0.2, 0) is 19.1 Å². The predicted molar refractivity (Wildman–Crippen MR) is 227 cm³/mol. The molecule has 0 radical (unpaired) electrons. The first-order valence-corrected chi connectivity index (χ1v) is 19.8. The fourth-order valence-corrected chi connectivity index (χ4v) is 7.19. The molecule has 0 aliphatic carbocycles. The second-order valence-corrected chi connectivity index (χ2v) is 15.2. The van der Waals surface area contributed by atoms with E-state index in [2.05, 4.69) is 13.8 Å². The smallest absolute Gasteiger partial charge is 0.336 e. The van der Waals surface area contributed by atoms with E-state index in [-0.39, 0.29) is 10.8 Å². The molecule has 0 N–H and O–H groups in total. The Kier molecular flexibility index (Phi) is 11.4. The Morgan fingerprint density at radius 3 is 1.29 bits per heavy atom. The molecule has 2 heterocycles. The maximum absolute atomic E-state index is 13.5. The van der Waals surface area contributed by atoms with Crippen molar-refractivity contribution in [2.45, 2.75) is 26.7 Å². The summed E-state index contributed by atoms with van der Waals surface area (Å²) in [6.07, 6.45) is 8.25. The number of carbonyl (C=O) groups is 2. The van der Waals surface area contributed by atoms with Gasteiger partial charge in [0.05, 0.1) is 50.5 Å². The Labute approximate surface area is 338 Å². The third-order valence-corrected chi connectivity index (χ3v) is 11.3. The minimum absolute atomic E-state index is 0.0865. The number of fused-ring (bicyclic) bond motifs is 2. The van der Waals surface area contributed by atoms with E-state index < -0.39 is 11.9 Å². The van der Waals surface area contributed by atoms with Gasteiger partial charge in [-0.25, -0.2) is 9.59 Å². The van der Waals surface area contributed by atoms with Crippen molar-refractivity contribution in [3.05, 3.63) is 145 Å². The highest BCUT2D eigenvalue weighted by atomic mass is 16.5. The molecule has 58 heavy (non-hydrogen) atoms. The fraction of sp³-hybridized carbons (Fsp3) is 0.240. The molecule has 8 rings (SSSR count). The molecular formula is C50H46O8. The molecule has 2 fully saturated rings. The molecule has 0 amide bonds. The molecule has 0 atom stereocenters. The van der Waals surface area contributed by atoms with Crippen LogP contribution in [0.3, 0.4) is 0 Å². The summed E-state index contributed by atoms with van der Waals surface area (Å²) >= 11 is 0. The van der Waals surface area contributed by atoms with E-state index in [0.29, 0.717) is 35.8 Å². The molecule has 0 saturated carbocycles. The van der Waals surface area contributed by atoms with Gasteiger partial charge in [-0.1, -0.05) is 98.8 Å². The molecule has 0 bridgehead atoms. The zero-order chi connectivity index (χ0) is 40.0. The van der Waals surface area contributed by atoms with Gasteiger partial charge >= 0.3 is 11.9 Å². The molecule has 0 aromatic heterocycles. The first-order valence-electron chi connectivity index (χ1n) is 19.8. The zero-order valence-corrected chi connectivity index (χ0v) is 32.8. The van der Waals surface area contributed by atoms with Gasteiger partial charge in [-0.3, -0.25) is 0 Å². The summed E-state index contributed by atoms with van der Waals surface area (Å²) in [5.74, 6) is 1.11. The second kappa shape index (κ2) is 17.1. The number of benzene rings is 6. The highest BCUT2D eigenvalue weighted by Crippen LogP contribution is 2.46. The van der Waals surface area contributed by atoms with E-state index in [4.69, 9.17) is 28.4 Å². The van der Waals surface area contributed by atoms with E-state index >= 15 is 0 Å². The van der Waals surface area contributed by atoms with Crippen LogP contribution in [0.2, 0.25) is 0 Å². The fourth-order valence-electron chi connectivity index (χ4n) is 7.19. The van der Waals surface area contributed by atoms with Gasteiger partial charge in [0.1, 0.15) is 23.0 Å². The number of hydrogen-bond acceptors (Lipinski definition) is 8. The Morgan fingerprint density at radius 2 is 0.931 bits per heavy atom. The van der Waals surface area contributed by atoms with E-state index in [1.807, 2.05) is 109 Å². The van der Waals surface area contributed by atoms with E-state index in [9.17, 15) is 9.59 Å². The second-order valence-electron chi connectivity index (χ2n) is 15.2. The molecule has 8 nitrogen and oxygen atoms in total. The molecule has 2 aliphatic heterocycles. The first kappa shape index (κ1) is 38.6. The van der Waals surface area contributed by atoms with Crippen LogP contribution in [0.4, 0.5) is 0 Å². The maximum atomic E-state index is 13.5. The van der Waals surface area contributed by atoms with Crippen LogP contribution in [0.1, 0.15) is 37.8 Å². The van der Waals surface area contributed by atoms with Crippen LogP contribution in [0, 0.1) is 10.8 Å². The third kappa shape index (κ3) is 8.54. The third-order valence-electron chi connectivity index (χ3n) is 11.3. The average Bonchev–Trinajstić information content (AvgIpc) is 3.22. The predicted octanol–water partition coefficient (Wildman–Crippen LogP) is 10.5. The van der Waals surface area contributed by atoms with Gasteiger partial charge in [0.15, 0.2) is 0 Å². The number of esters is 2. The van der Waals surface area contributed by atoms with Crippen LogP contribution < -0.4 is 18.9 Å². The molecule has 294 valence electrons. The Balaban J connectivity index is 1.02. The molecule has 2 aliphatic rings. The summed E-state index contributed by atoms with van der Waals surface area (Å²) in [4.78, 5) is 27.0. The Hall–Kier alpha value is -6.22. The van der Waals surface area contributed by atoms with E-state index in [0.717, 1.165) is 83.4 Å². The van der Waals surface area contributed by atoms with Crippen molar-refractivity contribution in [2.24, 2.45) is 10.8 Å². The molecule has 8 heteroatoms. The number of carbonyl (C=O) groups excluding carboxylic acids is 2. The summed E-state index contributed by atoms with van der Waals surface area (Å²) < 4.78 is 35.1. The molecule has 6 aromatic rings. The molecule has 0 spiro atoms. The van der Waals surface area contributed by atoms with Crippen molar-refractivity contribution >= 4 is 45.6 Å². The molecular weight excluding hydrogens is 729 g/mol. The lowest BCUT2D eigenvalue weighted by Gasteiger charge is -2.40. The topological polar surface area (TPSA) is 89.5 Å². The number of rotatable bonds is 15. The van der Waals surface area contributed by atoms with Gasteiger partial charge in [0.2, 0.25) is 0 Å². The average molecular weight is 775 g/mol. The minimum atomic E-state index is -0.549. The van der Waals surface area contributed by atoms with Crippen LogP contribution in [-0.4, -0.2) is 51.6 Å². The quantitative estimate of drug-likeness (QED) is 0.0579. The summed E-state index contributed by atoms with van der Waals surface area (Å²) in [5, 5.41) is 3.56. The van der Waals surface area contributed by atoms with Crippen LogP contribution in [0.25, 0.3) is 44.8 Å². The molecule has 2 saturated heterocycles. The molecule has 0 unspecified atom stereocenters. The van der Waals surface area contributed by atoms with Gasteiger partial charge in [-0.2, -0.15) is 0 Å². The lowest BCUT2D eigenvalue weighted by atomic mass is 9.84. The summed E-state index contributed by atoms with van der Waals surface area (Å²) in [6.45, 7) is 8.41. The van der Waals surface area contributed by atoms with Crippen molar-refractivity contribution in [2.75, 3.05) is 39.6 Å². The maximum Gasteiger partial charge on any atom is 0.336 e. The first-order chi connectivity index (χ1) is 28.3. The van der Waals surface area contributed by atoms with E-state index in [1.165, 1.54) is 12.2 Å². The Morgan fingerprint density at radius 1 is 0.534 bits per heavy atom. The van der Waals surface area contributed by atoms with Crippen molar-refractivity contribution < 1.29 is 38.0 Å². The van der Waals surface area contributed by atoms with Gasteiger partial charge in [-0.15, -0.1) is 0 Å². The lowest BCUT2D eigenvalue weighted by molar-refractivity contribution is -0.133. The summed E-state index contributed by atoms with van der Waals surface area (Å²) in [5.41, 5.74) is 3.10. The normalized spacial score (nSPS) is 15.6. The van der Waals surface area contributed by atoms with Crippen LogP contribution in [0.15, 0.2) is 133 Å². The summed E-state index contributed by atoms with van der Waals surface area (Å²) in [7, 11) is 0. The van der Waals surface area contributed by atoms with Crippen molar-refractivity contribution in [3.63, 3.8) is 0 Å². The summed E-state index contributed by atoms with van der Waals surface area (Å²) in [6, 6.07) is 38.3. The monoisotopic (exact) mass is 774 g/mol. The minimum Gasteiger partial charge on any atom is -0.493 e. The van der Waals surface area contributed by atoms with Gasteiger partial charge < -0.3 is 28.4 Å². The van der Waals surface area contributed by atoms with Crippen LogP contribution >= 0.6 is 0 Å². The molecule has 6 aromatic carbocycles. The number of ether oxygens (including phenoxy) is 6.